The maximum atomic E-state index is 13.2. The maximum absolute atomic E-state index is 13.2. The molecule has 4 aromatic carbocycles. The van der Waals surface area contributed by atoms with Crippen LogP contribution in [0.1, 0.15) is 45.7 Å². The zero-order valence-electron chi connectivity index (χ0n) is 39.8. The van der Waals surface area contributed by atoms with Gasteiger partial charge in [0.15, 0.2) is 34.9 Å². The van der Waals surface area contributed by atoms with Crippen molar-refractivity contribution < 1.29 is 60.5 Å². The number of methoxy groups -OCH3 is 6. The van der Waals surface area contributed by atoms with E-state index in [-0.39, 0.29) is 17.5 Å². The summed E-state index contributed by atoms with van der Waals surface area (Å²) in [5, 5.41) is 16.7. The van der Waals surface area contributed by atoms with Crippen molar-refractivity contribution in [2.75, 3.05) is 56.8 Å². The number of hydrogen-bond donors (Lipinski definition) is 0. The van der Waals surface area contributed by atoms with Crippen molar-refractivity contribution in [2.24, 2.45) is 0 Å². The van der Waals surface area contributed by atoms with Crippen LogP contribution in [0.25, 0.3) is 45.6 Å². The molecule has 0 fully saturated rings. The molecule has 0 saturated heterocycles. The lowest BCUT2D eigenvalue weighted by Crippen LogP contribution is -2.31. The van der Waals surface area contributed by atoms with Gasteiger partial charge in [-0.2, -0.15) is 0 Å². The number of ketones is 1. The third kappa shape index (κ3) is 12.4. The van der Waals surface area contributed by atoms with E-state index < -0.39 is 12.2 Å². The molecule has 8 rings (SSSR count). The van der Waals surface area contributed by atoms with Crippen LogP contribution in [0, 0.1) is 13.8 Å². The molecule has 0 bridgehead atoms. The average Bonchev–Trinajstić information content (AvgIpc) is 4.24. The molecular weight excluding hydrogens is 1040 g/mol. The summed E-state index contributed by atoms with van der Waals surface area (Å²) in [6.45, 7) is 3.45. The summed E-state index contributed by atoms with van der Waals surface area (Å²) in [6.07, 6.45) is 0.0768. The minimum absolute atomic E-state index is 0.180. The fourth-order valence-electron chi connectivity index (χ4n) is 6.77. The topological polar surface area (TPSA) is 206 Å². The molecule has 0 aliphatic heterocycles. The molecule has 366 valence electrons. The van der Waals surface area contributed by atoms with E-state index in [0.29, 0.717) is 67.9 Å². The standard InChI is InChI=1S/C24H21BrN2O6.C14H17N3O4.C12H11BrO3/c1-13-26-27-24(32-13)15-7-5-14(6-8-15)22(30-3)21(28)19-10-9-18(33-19)16-11-17(25)23(31-4)20(12-16)29-2;1-9-15-16-13(21-9)11-7-5-10(6-8-11)12(19-3)14(18)17(2)20-4;1-14-11-7-8(10-4-3-5-16-10)6-9(13)12(11)15-2/h5-12,22H,1-4H3;5-8,12H,1-4H3;3-7H,1-2H3. The molecular formula is C50H49Br2N5O13. The first kappa shape index (κ1) is 52.3. The van der Waals surface area contributed by atoms with Gasteiger partial charge in [0.05, 0.1) is 50.8 Å². The Bertz CT molecular complexity index is 2970. The number of ether oxygens (including phenoxy) is 6. The van der Waals surface area contributed by atoms with Crippen LogP contribution < -0.4 is 18.9 Å². The van der Waals surface area contributed by atoms with Gasteiger partial charge in [-0.15, -0.1) is 20.4 Å². The number of furan rings is 2. The molecule has 0 spiro atoms. The minimum atomic E-state index is -0.834. The van der Waals surface area contributed by atoms with Crippen LogP contribution in [0.15, 0.2) is 130 Å². The molecule has 70 heavy (non-hydrogen) atoms. The predicted molar refractivity (Wildman–Crippen MR) is 262 cm³/mol. The van der Waals surface area contributed by atoms with Crippen molar-refractivity contribution in [3.63, 3.8) is 0 Å². The second-order valence-electron chi connectivity index (χ2n) is 14.6. The number of amides is 1. The number of carbonyl (C=O) groups is 2. The van der Waals surface area contributed by atoms with E-state index in [4.69, 9.17) is 50.9 Å². The Balaban J connectivity index is 0.000000186. The number of nitrogens with zero attached hydrogens (tertiary/aromatic N) is 5. The summed E-state index contributed by atoms with van der Waals surface area (Å²) in [5.41, 5.74) is 4.59. The molecule has 2 unspecified atom stereocenters. The Morgan fingerprint density at radius 1 is 0.557 bits per heavy atom. The van der Waals surface area contributed by atoms with Gasteiger partial charge in [-0.3, -0.25) is 14.4 Å². The number of carbonyl (C=O) groups excluding carboxylic acids is 2. The minimum Gasteiger partial charge on any atom is -0.493 e. The van der Waals surface area contributed by atoms with Crippen LogP contribution in [0.5, 0.6) is 23.0 Å². The number of hydrogen-bond acceptors (Lipinski definition) is 17. The lowest BCUT2D eigenvalue weighted by Gasteiger charge is -2.20. The molecule has 0 aliphatic rings. The Morgan fingerprint density at radius 2 is 1.04 bits per heavy atom. The first-order valence-electron chi connectivity index (χ1n) is 21.0. The van der Waals surface area contributed by atoms with E-state index in [2.05, 4.69) is 52.3 Å². The van der Waals surface area contributed by atoms with E-state index in [1.807, 2.05) is 30.3 Å². The summed E-state index contributed by atoms with van der Waals surface area (Å²) in [7, 11) is 12.2. The summed E-state index contributed by atoms with van der Waals surface area (Å²) < 4.78 is 55.5. The highest BCUT2D eigenvalue weighted by atomic mass is 79.9. The van der Waals surface area contributed by atoms with Gasteiger partial charge in [-0.1, -0.05) is 24.3 Å². The third-order valence-electron chi connectivity index (χ3n) is 10.3. The SMILES string of the molecule is COC(C(=O)N(C)OC)c1ccc(-c2nnc(C)o2)cc1.COc1cc(-c2ccc(C(=O)C(OC)c3ccc(-c4nnc(C)o4)cc3)o2)cc(Br)c1OC.COc1cc(-c2ccco2)cc(Br)c1OC. The second-order valence-corrected chi connectivity index (χ2v) is 16.3. The van der Waals surface area contributed by atoms with Crippen LogP contribution in [-0.4, -0.2) is 94.0 Å². The van der Waals surface area contributed by atoms with Crippen molar-refractivity contribution in [3.05, 3.63) is 141 Å². The fraction of sp³-hybridized carbons (Fsp3) is 0.240. The normalized spacial score (nSPS) is 11.6. The van der Waals surface area contributed by atoms with Gasteiger partial charge >= 0.3 is 0 Å². The number of aryl methyl sites for hydroxylation is 2. The Kier molecular flexibility index (Phi) is 18.3. The number of rotatable bonds is 16. The highest BCUT2D eigenvalue weighted by molar-refractivity contribution is 9.11. The van der Waals surface area contributed by atoms with Crippen LogP contribution in [0.2, 0.25) is 0 Å². The van der Waals surface area contributed by atoms with Gasteiger partial charge in [0.1, 0.15) is 17.6 Å². The number of hydroxylamine groups is 2. The first-order valence-corrected chi connectivity index (χ1v) is 22.6. The van der Waals surface area contributed by atoms with Gasteiger partial charge < -0.3 is 46.1 Å². The molecule has 4 heterocycles. The van der Waals surface area contributed by atoms with Gasteiger partial charge in [0.25, 0.3) is 5.91 Å². The second kappa shape index (κ2) is 24.4. The molecule has 0 saturated carbocycles. The molecule has 1 amide bonds. The highest BCUT2D eigenvalue weighted by Crippen LogP contribution is 2.41. The Hall–Kier alpha value is -7.10. The molecule has 0 radical (unpaired) electrons. The summed E-state index contributed by atoms with van der Waals surface area (Å²) in [4.78, 5) is 30.1. The van der Waals surface area contributed by atoms with Crippen molar-refractivity contribution in [1.82, 2.24) is 25.5 Å². The fourth-order valence-corrected chi connectivity index (χ4v) is 7.98. The largest absolute Gasteiger partial charge is 0.493 e. The van der Waals surface area contributed by atoms with Crippen molar-refractivity contribution in [3.8, 4) is 68.6 Å². The molecule has 4 aromatic heterocycles. The number of Topliss-reactive ketones (excluding diaryl/α,β-unsaturated/α-hetero) is 1. The monoisotopic (exact) mass is 1090 g/mol. The average molecular weight is 1090 g/mol. The van der Waals surface area contributed by atoms with Crippen molar-refractivity contribution in [2.45, 2.75) is 26.1 Å². The number of aromatic nitrogens is 4. The quantitative estimate of drug-likeness (QED) is 0.0651. The zero-order valence-corrected chi connectivity index (χ0v) is 42.9. The molecule has 20 heteroatoms. The zero-order chi connectivity index (χ0) is 50.5. The Morgan fingerprint density at radius 3 is 1.44 bits per heavy atom. The highest BCUT2D eigenvalue weighted by Gasteiger charge is 2.27. The van der Waals surface area contributed by atoms with Gasteiger partial charge in [0.2, 0.25) is 29.3 Å². The van der Waals surface area contributed by atoms with Gasteiger partial charge in [0, 0.05) is 57.4 Å². The van der Waals surface area contributed by atoms with Crippen LogP contribution in [0.4, 0.5) is 0 Å². The van der Waals surface area contributed by atoms with Crippen molar-refractivity contribution in [1.29, 1.82) is 0 Å². The molecule has 8 aromatic rings. The summed E-state index contributed by atoms with van der Waals surface area (Å²) in [5.74, 6) is 5.18. The van der Waals surface area contributed by atoms with E-state index in [1.165, 1.54) is 28.4 Å². The number of likely N-dealkylation sites (N-methyl/N-ethyl adjacent to an activating group) is 1. The van der Waals surface area contributed by atoms with Crippen LogP contribution in [-0.2, 0) is 19.1 Å². The number of halogens is 2. The first-order chi connectivity index (χ1) is 33.8. The lowest BCUT2D eigenvalue weighted by atomic mass is 10.0. The lowest BCUT2D eigenvalue weighted by molar-refractivity contribution is -0.179. The summed E-state index contributed by atoms with van der Waals surface area (Å²) in [6, 6.07) is 28.9. The van der Waals surface area contributed by atoms with Gasteiger partial charge in [-0.05, 0) is 116 Å². The van der Waals surface area contributed by atoms with Crippen LogP contribution >= 0.6 is 31.9 Å². The number of benzene rings is 4. The maximum Gasteiger partial charge on any atom is 0.279 e. The van der Waals surface area contributed by atoms with E-state index >= 15 is 0 Å². The molecule has 2 atom stereocenters. The van der Waals surface area contributed by atoms with E-state index in [1.54, 1.807) is 115 Å². The van der Waals surface area contributed by atoms with E-state index in [9.17, 15) is 9.59 Å². The van der Waals surface area contributed by atoms with E-state index in [0.717, 1.165) is 37.5 Å². The smallest absolute Gasteiger partial charge is 0.279 e. The molecule has 0 aliphatic carbocycles. The third-order valence-corrected chi connectivity index (χ3v) is 11.5. The predicted octanol–water partition coefficient (Wildman–Crippen LogP) is 11.1. The van der Waals surface area contributed by atoms with Crippen LogP contribution in [0.3, 0.4) is 0 Å². The summed E-state index contributed by atoms with van der Waals surface area (Å²) >= 11 is 6.91. The Labute approximate surface area is 420 Å². The molecule has 0 N–H and O–H groups in total. The van der Waals surface area contributed by atoms with Crippen molar-refractivity contribution >= 4 is 43.6 Å². The van der Waals surface area contributed by atoms with Gasteiger partial charge in [-0.25, -0.2) is 5.06 Å². The molecule has 18 nitrogen and oxygen atoms in total.